The molecule has 3 heteroatoms. The molecule has 0 amide bonds. The van der Waals surface area contributed by atoms with Gasteiger partial charge in [0, 0.05) is 5.92 Å². The molecule has 0 aliphatic heterocycles. The van der Waals surface area contributed by atoms with Crippen LogP contribution in [0.4, 0.5) is 0 Å². The standard InChI is InChI=1S/C14H28O2Si/c1-8-10-12(9-2)13(11-15)16-17(6,7)14(3,4)5/h9,11-13H,2,8,10H2,1,3-7H3/t12-,13+/m1/s1. The molecule has 0 rings (SSSR count). The van der Waals surface area contributed by atoms with Crippen LogP contribution in [0.3, 0.4) is 0 Å². The monoisotopic (exact) mass is 256 g/mol. The Hall–Kier alpha value is -0.413. The average molecular weight is 256 g/mol. The normalized spacial score (nSPS) is 16.4. The van der Waals surface area contributed by atoms with Crippen LogP contribution in [0.2, 0.25) is 18.1 Å². The minimum atomic E-state index is -1.88. The number of hydrogen-bond donors (Lipinski definition) is 0. The molecule has 0 N–H and O–H groups in total. The summed E-state index contributed by atoms with van der Waals surface area (Å²) >= 11 is 0. The number of rotatable bonds is 7. The van der Waals surface area contributed by atoms with Gasteiger partial charge in [0.2, 0.25) is 0 Å². The van der Waals surface area contributed by atoms with Crippen molar-refractivity contribution in [2.24, 2.45) is 5.92 Å². The van der Waals surface area contributed by atoms with Gasteiger partial charge in [0.15, 0.2) is 8.32 Å². The Morgan fingerprint density at radius 3 is 2.18 bits per heavy atom. The third-order valence-corrected chi connectivity index (χ3v) is 8.19. The maximum atomic E-state index is 11.2. The average Bonchev–Trinajstić information content (AvgIpc) is 2.21. The van der Waals surface area contributed by atoms with Gasteiger partial charge in [-0.1, -0.05) is 40.2 Å². The van der Waals surface area contributed by atoms with Crippen molar-refractivity contribution in [1.29, 1.82) is 0 Å². The Balaban J connectivity index is 4.80. The summed E-state index contributed by atoms with van der Waals surface area (Å²) < 4.78 is 6.16. The third kappa shape index (κ3) is 4.76. The highest BCUT2D eigenvalue weighted by atomic mass is 28.4. The van der Waals surface area contributed by atoms with Gasteiger partial charge in [-0.2, -0.15) is 0 Å². The molecule has 0 fully saturated rings. The van der Waals surface area contributed by atoms with Crippen LogP contribution in [-0.2, 0) is 9.22 Å². The topological polar surface area (TPSA) is 26.3 Å². The Morgan fingerprint density at radius 1 is 1.35 bits per heavy atom. The lowest BCUT2D eigenvalue weighted by molar-refractivity contribution is -0.115. The fraction of sp³-hybridized carbons (Fsp3) is 0.786. The van der Waals surface area contributed by atoms with E-state index in [0.717, 1.165) is 19.1 Å². The van der Waals surface area contributed by atoms with E-state index in [1.54, 1.807) is 0 Å². The molecule has 0 heterocycles. The number of carbonyl (C=O) groups excluding carboxylic acids is 1. The summed E-state index contributed by atoms with van der Waals surface area (Å²) in [7, 11) is -1.88. The maximum absolute atomic E-state index is 11.2. The largest absolute Gasteiger partial charge is 0.407 e. The summed E-state index contributed by atoms with van der Waals surface area (Å²) in [6.07, 6.45) is 4.48. The van der Waals surface area contributed by atoms with E-state index in [9.17, 15) is 4.79 Å². The van der Waals surface area contributed by atoms with Gasteiger partial charge in [-0.15, -0.1) is 6.58 Å². The van der Waals surface area contributed by atoms with E-state index in [1.807, 2.05) is 6.08 Å². The lowest BCUT2D eigenvalue weighted by Crippen LogP contribution is -2.46. The summed E-state index contributed by atoms with van der Waals surface area (Å²) in [6, 6.07) is 0. The summed E-state index contributed by atoms with van der Waals surface area (Å²) in [5.41, 5.74) is 0. The zero-order valence-corrected chi connectivity index (χ0v) is 13.2. The van der Waals surface area contributed by atoms with Crippen molar-refractivity contribution in [3.05, 3.63) is 12.7 Å². The van der Waals surface area contributed by atoms with Gasteiger partial charge < -0.3 is 9.22 Å². The smallest absolute Gasteiger partial charge is 0.193 e. The van der Waals surface area contributed by atoms with E-state index in [2.05, 4.69) is 47.4 Å². The number of carbonyl (C=O) groups is 1. The van der Waals surface area contributed by atoms with Gasteiger partial charge in [0.25, 0.3) is 0 Å². The van der Waals surface area contributed by atoms with E-state index in [1.165, 1.54) is 0 Å². The Bertz CT molecular complexity index is 253. The van der Waals surface area contributed by atoms with E-state index >= 15 is 0 Å². The van der Waals surface area contributed by atoms with Gasteiger partial charge >= 0.3 is 0 Å². The summed E-state index contributed by atoms with van der Waals surface area (Å²) in [4.78, 5) is 11.2. The van der Waals surface area contributed by atoms with Crippen LogP contribution in [0.15, 0.2) is 12.7 Å². The molecule has 2 nitrogen and oxygen atoms in total. The zero-order valence-electron chi connectivity index (χ0n) is 12.2. The molecule has 100 valence electrons. The van der Waals surface area contributed by atoms with Gasteiger partial charge in [0.1, 0.15) is 12.4 Å². The van der Waals surface area contributed by atoms with Crippen LogP contribution in [0.1, 0.15) is 40.5 Å². The van der Waals surface area contributed by atoms with Crippen molar-refractivity contribution < 1.29 is 9.22 Å². The second-order valence-electron chi connectivity index (χ2n) is 6.17. The third-order valence-electron chi connectivity index (χ3n) is 3.72. The van der Waals surface area contributed by atoms with Crippen molar-refractivity contribution in [1.82, 2.24) is 0 Å². The molecule has 0 aromatic carbocycles. The number of hydrogen-bond acceptors (Lipinski definition) is 2. The second kappa shape index (κ2) is 6.50. The first-order chi connectivity index (χ1) is 7.69. The SMILES string of the molecule is C=C[C@H](CCC)[C@H](C=O)O[Si](C)(C)C(C)(C)C. The fourth-order valence-corrected chi connectivity index (χ4v) is 2.75. The second-order valence-corrected chi connectivity index (χ2v) is 10.9. The first kappa shape index (κ1) is 16.6. The van der Waals surface area contributed by atoms with Crippen LogP contribution in [-0.4, -0.2) is 20.7 Å². The fourth-order valence-electron chi connectivity index (χ4n) is 1.48. The Labute approximate surface area is 108 Å². The molecule has 0 aliphatic rings. The van der Waals surface area contributed by atoms with E-state index in [4.69, 9.17) is 4.43 Å². The molecule has 0 spiro atoms. The molecule has 0 aromatic heterocycles. The molecule has 0 aliphatic carbocycles. The van der Waals surface area contributed by atoms with Crippen molar-refractivity contribution in [3.8, 4) is 0 Å². The first-order valence-electron chi connectivity index (χ1n) is 6.45. The molecule has 2 atom stereocenters. The van der Waals surface area contributed by atoms with E-state index in [0.29, 0.717) is 0 Å². The highest BCUT2D eigenvalue weighted by Crippen LogP contribution is 2.38. The molecule has 0 radical (unpaired) electrons. The minimum Gasteiger partial charge on any atom is -0.407 e. The molecule has 0 bridgehead atoms. The van der Waals surface area contributed by atoms with Crippen molar-refractivity contribution in [2.45, 2.75) is 64.8 Å². The van der Waals surface area contributed by atoms with Crippen LogP contribution < -0.4 is 0 Å². The quantitative estimate of drug-likeness (QED) is 0.388. The zero-order chi connectivity index (χ0) is 13.7. The molecule has 0 unspecified atom stereocenters. The summed E-state index contributed by atoms with van der Waals surface area (Å²) in [5.74, 6) is 0.145. The van der Waals surface area contributed by atoms with Gasteiger partial charge in [-0.25, -0.2) is 0 Å². The Kier molecular flexibility index (Phi) is 6.34. The predicted molar refractivity (Wildman–Crippen MR) is 76.7 cm³/mol. The molecular weight excluding hydrogens is 228 g/mol. The summed E-state index contributed by atoms with van der Waals surface area (Å²) in [6.45, 7) is 16.8. The molecule has 0 aromatic rings. The molecule has 17 heavy (non-hydrogen) atoms. The van der Waals surface area contributed by atoms with E-state index < -0.39 is 8.32 Å². The highest BCUT2D eigenvalue weighted by molar-refractivity contribution is 6.74. The first-order valence-corrected chi connectivity index (χ1v) is 9.36. The number of aldehydes is 1. The summed E-state index contributed by atoms with van der Waals surface area (Å²) in [5, 5.41) is 0.131. The predicted octanol–water partition coefficient (Wildman–Crippen LogP) is 4.18. The van der Waals surface area contributed by atoms with Gasteiger partial charge in [0.05, 0.1) is 0 Å². The van der Waals surface area contributed by atoms with Crippen molar-refractivity contribution >= 4 is 14.6 Å². The molecule has 0 saturated heterocycles. The molecular formula is C14H28O2Si. The van der Waals surface area contributed by atoms with Crippen molar-refractivity contribution in [3.63, 3.8) is 0 Å². The molecule has 0 saturated carbocycles. The van der Waals surface area contributed by atoms with Crippen LogP contribution >= 0.6 is 0 Å². The highest BCUT2D eigenvalue weighted by Gasteiger charge is 2.40. The maximum Gasteiger partial charge on any atom is 0.193 e. The van der Waals surface area contributed by atoms with Crippen LogP contribution in [0.5, 0.6) is 0 Å². The van der Waals surface area contributed by atoms with Crippen LogP contribution in [0.25, 0.3) is 0 Å². The minimum absolute atomic E-state index is 0.131. The lowest BCUT2D eigenvalue weighted by atomic mass is 9.98. The Morgan fingerprint density at radius 2 is 1.88 bits per heavy atom. The van der Waals surface area contributed by atoms with Crippen LogP contribution in [0, 0.1) is 5.92 Å². The van der Waals surface area contributed by atoms with Gasteiger partial charge in [-0.3, -0.25) is 0 Å². The van der Waals surface area contributed by atoms with Gasteiger partial charge in [-0.05, 0) is 24.6 Å². The van der Waals surface area contributed by atoms with E-state index in [-0.39, 0.29) is 17.1 Å². The van der Waals surface area contributed by atoms with Crippen molar-refractivity contribution in [2.75, 3.05) is 0 Å². The lowest BCUT2D eigenvalue weighted by Gasteiger charge is -2.39.